The van der Waals surface area contributed by atoms with Gasteiger partial charge in [0.05, 0.1) is 10.7 Å². The molecular weight excluding hydrogens is 337 g/mol. The first kappa shape index (κ1) is 17.0. The number of hydrogen-bond donors (Lipinski definition) is 4. The Kier molecular flexibility index (Phi) is 5.36. The normalized spacial score (nSPS) is 11.2. The van der Waals surface area contributed by atoms with Gasteiger partial charge in [-0.05, 0) is 43.3 Å². The number of halogens is 2. The van der Waals surface area contributed by atoms with Gasteiger partial charge < -0.3 is 10.8 Å². The van der Waals surface area contributed by atoms with Gasteiger partial charge in [-0.2, -0.15) is 0 Å². The van der Waals surface area contributed by atoms with Crippen LogP contribution in [0.25, 0.3) is 5.70 Å². The molecule has 0 aliphatic carbocycles. The van der Waals surface area contributed by atoms with Gasteiger partial charge >= 0.3 is 0 Å². The molecule has 2 rings (SSSR count). The van der Waals surface area contributed by atoms with Crippen molar-refractivity contribution in [1.29, 1.82) is 0 Å². The van der Waals surface area contributed by atoms with Crippen LogP contribution in [0.3, 0.4) is 0 Å². The van der Waals surface area contributed by atoms with Crippen molar-refractivity contribution in [2.75, 3.05) is 5.73 Å². The average molecular weight is 352 g/mol. The summed E-state index contributed by atoms with van der Waals surface area (Å²) in [6.45, 7) is 1.74. The van der Waals surface area contributed by atoms with Gasteiger partial charge in [0.2, 0.25) is 0 Å². The number of anilines is 1. The average Bonchev–Trinajstić information content (AvgIpc) is 2.52. The van der Waals surface area contributed by atoms with Crippen molar-refractivity contribution < 1.29 is 9.90 Å². The molecule has 0 fully saturated rings. The lowest BCUT2D eigenvalue weighted by atomic mass is 10.1. The molecule has 0 saturated heterocycles. The van der Waals surface area contributed by atoms with Gasteiger partial charge in [0, 0.05) is 21.8 Å². The van der Waals surface area contributed by atoms with E-state index in [0.717, 1.165) is 0 Å². The fraction of sp³-hybridized carbons (Fsp3) is 0.0625. The van der Waals surface area contributed by atoms with Gasteiger partial charge in [0.15, 0.2) is 0 Å². The minimum Gasteiger partial charge on any atom is -0.506 e. The summed E-state index contributed by atoms with van der Waals surface area (Å²) in [5, 5.41) is 10.5. The van der Waals surface area contributed by atoms with Crippen LogP contribution in [0.2, 0.25) is 10.0 Å². The molecule has 120 valence electrons. The minimum atomic E-state index is -0.350. The molecule has 7 heteroatoms. The zero-order chi connectivity index (χ0) is 17.0. The number of hydrazine groups is 1. The number of nitrogen functional groups attached to an aromatic ring is 1. The Morgan fingerprint density at radius 3 is 2.43 bits per heavy atom. The van der Waals surface area contributed by atoms with Gasteiger partial charge in [-0.1, -0.05) is 29.3 Å². The van der Waals surface area contributed by atoms with Crippen LogP contribution in [0.15, 0.2) is 42.5 Å². The number of phenols is 1. The van der Waals surface area contributed by atoms with Gasteiger partial charge in [0.1, 0.15) is 5.75 Å². The lowest BCUT2D eigenvalue weighted by Crippen LogP contribution is -2.36. The molecule has 0 aliphatic heterocycles. The third-order valence-electron chi connectivity index (χ3n) is 3.09. The number of carbonyl (C=O) groups is 1. The van der Waals surface area contributed by atoms with Crippen LogP contribution in [0, 0.1) is 0 Å². The summed E-state index contributed by atoms with van der Waals surface area (Å²) in [5.74, 6) is -0.477. The molecule has 0 heterocycles. The highest BCUT2D eigenvalue weighted by molar-refractivity contribution is 6.36. The summed E-state index contributed by atoms with van der Waals surface area (Å²) >= 11 is 11.9. The fourth-order valence-electron chi connectivity index (χ4n) is 1.90. The second-order valence-electron chi connectivity index (χ2n) is 4.69. The van der Waals surface area contributed by atoms with Crippen molar-refractivity contribution in [3.05, 3.63) is 63.6 Å². The lowest BCUT2D eigenvalue weighted by Gasteiger charge is -2.14. The Morgan fingerprint density at radius 2 is 1.83 bits per heavy atom. The molecule has 0 aromatic heterocycles. The van der Waals surface area contributed by atoms with E-state index in [1.807, 2.05) is 0 Å². The number of allylic oxidation sites excluding steroid dienone is 1. The van der Waals surface area contributed by atoms with E-state index in [1.165, 1.54) is 6.07 Å². The number of carbonyl (C=O) groups excluding carboxylic acids is 1. The van der Waals surface area contributed by atoms with Gasteiger partial charge in [-0.15, -0.1) is 0 Å². The van der Waals surface area contributed by atoms with Crippen molar-refractivity contribution in [1.82, 2.24) is 10.9 Å². The molecule has 1 amide bonds. The summed E-state index contributed by atoms with van der Waals surface area (Å²) < 4.78 is 0. The number of phenolic OH excluding ortho intramolecular Hbond substituents is 1. The molecule has 5 nitrogen and oxygen atoms in total. The molecule has 23 heavy (non-hydrogen) atoms. The lowest BCUT2D eigenvalue weighted by molar-refractivity contribution is 0.0942. The number of rotatable bonds is 4. The number of aromatic hydroxyl groups is 1. The molecular formula is C16H15Cl2N3O2. The van der Waals surface area contributed by atoms with Gasteiger partial charge in [0.25, 0.3) is 5.91 Å². The van der Waals surface area contributed by atoms with Crippen molar-refractivity contribution in [2.24, 2.45) is 0 Å². The van der Waals surface area contributed by atoms with Crippen LogP contribution >= 0.6 is 23.2 Å². The zero-order valence-electron chi connectivity index (χ0n) is 12.2. The van der Waals surface area contributed by atoms with E-state index in [4.69, 9.17) is 28.9 Å². The maximum atomic E-state index is 12.1. The standard InChI is InChI=1S/C16H15Cl2N3O2/c1-2-14(12-7-10(17)8-13(18)15(12)22)20-21-16(23)9-3-5-11(19)6-4-9/h2-8,20,22H,19H2,1H3,(H,21,23)/b14-2-. The molecule has 2 aromatic rings. The summed E-state index contributed by atoms with van der Waals surface area (Å²) in [7, 11) is 0. The Balaban J connectivity index is 2.15. The number of amides is 1. The van der Waals surface area contributed by atoms with E-state index in [-0.39, 0.29) is 16.7 Å². The van der Waals surface area contributed by atoms with Crippen molar-refractivity contribution >= 4 is 40.5 Å². The second-order valence-corrected chi connectivity index (χ2v) is 5.53. The maximum Gasteiger partial charge on any atom is 0.269 e. The maximum absolute atomic E-state index is 12.1. The molecule has 5 N–H and O–H groups in total. The van der Waals surface area contributed by atoms with E-state index in [2.05, 4.69) is 10.9 Å². The summed E-state index contributed by atoms with van der Waals surface area (Å²) in [5.41, 5.74) is 12.7. The largest absolute Gasteiger partial charge is 0.506 e. The number of nitrogens with one attached hydrogen (secondary N) is 2. The molecule has 2 aromatic carbocycles. The van der Waals surface area contributed by atoms with Crippen molar-refractivity contribution in [3.63, 3.8) is 0 Å². The SMILES string of the molecule is C/C=C(\NNC(=O)c1ccc(N)cc1)c1cc(Cl)cc(Cl)c1O. The Morgan fingerprint density at radius 1 is 1.17 bits per heavy atom. The molecule has 0 unspecified atom stereocenters. The van der Waals surface area contributed by atoms with Crippen LogP contribution in [0.4, 0.5) is 5.69 Å². The van der Waals surface area contributed by atoms with Crippen LogP contribution in [0.5, 0.6) is 5.75 Å². The molecule has 0 aliphatic rings. The Hall–Kier alpha value is -2.37. The van der Waals surface area contributed by atoms with Crippen LogP contribution in [0.1, 0.15) is 22.8 Å². The third-order valence-corrected chi connectivity index (χ3v) is 3.60. The summed E-state index contributed by atoms with van der Waals surface area (Å²) in [4.78, 5) is 12.1. The quantitative estimate of drug-likeness (QED) is 0.500. The molecule has 0 bridgehead atoms. The highest BCUT2D eigenvalue weighted by atomic mass is 35.5. The van der Waals surface area contributed by atoms with Crippen LogP contribution < -0.4 is 16.6 Å². The highest BCUT2D eigenvalue weighted by Crippen LogP contribution is 2.34. The van der Waals surface area contributed by atoms with Crippen LogP contribution in [-0.4, -0.2) is 11.0 Å². The molecule has 0 spiro atoms. The number of benzene rings is 2. The second kappa shape index (κ2) is 7.26. The molecule has 0 atom stereocenters. The molecule has 0 saturated carbocycles. The van der Waals surface area contributed by atoms with Crippen molar-refractivity contribution in [3.8, 4) is 5.75 Å². The molecule has 0 radical (unpaired) electrons. The van der Waals surface area contributed by atoms with E-state index < -0.39 is 0 Å². The summed E-state index contributed by atoms with van der Waals surface area (Å²) in [6.07, 6.45) is 1.67. The van der Waals surface area contributed by atoms with Gasteiger partial charge in [-0.25, -0.2) is 0 Å². The first-order chi connectivity index (χ1) is 10.9. The van der Waals surface area contributed by atoms with E-state index >= 15 is 0 Å². The first-order valence-electron chi connectivity index (χ1n) is 6.69. The minimum absolute atomic E-state index is 0.124. The van der Waals surface area contributed by atoms with Crippen LogP contribution in [-0.2, 0) is 0 Å². The number of nitrogens with two attached hydrogens (primary N) is 1. The predicted molar refractivity (Wildman–Crippen MR) is 93.2 cm³/mol. The van der Waals surface area contributed by atoms with Gasteiger partial charge in [-0.3, -0.25) is 15.6 Å². The van der Waals surface area contributed by atoms with Crippen molar-refractivity contribution in [2.45, 2.75) is 6.92 Å². The predicted octanol–water partition coefficient (Wildman–Crippen LogP) is 3.58. The highest BCUT2D eigenvalue weighted by Gasteiger charge is 2.13. The van der Waals surface area contributed by atoms with E-state index in [0.29, 0.717) is 27.5 Å². The third kappa shape index (κ3) is 4.09. The Bertz CT molecular complexity index is 759. The smallest absolute Gasteiger partial charge is 0.269 e. The van der Waals surface area contributed by atoms with E-state index in [9.17, 15) is 9.90 Å². The number of hydrogen-bond acceptors (Lipinski definition) is 4. The Labute approximate surface area is 143 Å². The summed E-state index contributed by atoms with van der Waals surface area (Å²) in [6, 6.07) is 9.45. The fourth-order valence-corrected chi connectivity index (χ4v) is 2.39. The zero-order valence-corrected chi connectivity index (χ0v) is 13.7. The monoisotopic (exact) mass is 351 g/mol. The van der Waals surface area contributed by atoms with E-state index in [1.54, 1.807) is 43.3 Å². The topological polar surface area (TPSA) is 87.4 Å². The first-order valence-corrected chi connectivity index (χ1v) is 7.44.